The van der Waals surface area contributed by atoms with Gasteiger partial charge in [0.2, 0.25) is 5.91 Å². The summed E-state index contributed by atoms with van der Waals surface area (Å²) in [6.45, 7) is 2.24. The lowest BCUT2D eigenvalue weighted by atomic mass is 9.90. The second-order valence-electron chi connectivity index (χ2n) is 8.15. The zero-order valence-corrected chi connectivity index (χ0v) is 18.0. The summed E-state index contributed by atoms with van der Waals surface area (Å²) in [7, 11) is 1.60. The van der Waals surface area contributed by atoms with Crippen molar-refractivity contribution >= 4 is 17.5 Å². The van der Waals surface area contributed by atoms with Crippen molar-refractivity contribution in [2.45, 2.75) is 25.6 Å². The van der Waals surface area contributed by atoms with E-state index in [4.69, 9.17) is 9.57 Å². The van der Waals surface area contributed by atoms with Gasteiger partial charge in [-0.05, 0) is 30.7 Å². The van der Waals surface area contributed by atoms with E-state index < -0.39 is 18.1 Å². The molecule has 0 N–H and O–H groups in total. The molecule has 6 nitrogen and oxygen atoms in total. The monoisotopic (exact) mass is 428 g/mol. The van der Waals surface area contributed by atoms with Gasteiger partial charge < -0.3 is 4.74 Å². The minimum atomic E-state index is -0.873. The van der Waals surface area contributed by atoms with Crippen LogP contribution in [0.5, 0.6) is 5.75 Å². The summed E-state index contributed by atoms with van der Waals surface area (Å²) < 4.78 is 5.60. The molecule has 6 heteroatoms. The fraction of sp³-hybridized carbons (Fsp3) is 0.231. The minimum Gasteiger partial charge on any atom is -0.496 e. The predicted molar refractivity (Wildman–Crippen MR) is 120 cm³/mol. The van der Waals surface area contributed by atoms with E-state index in [-0.39, 0.29) is 18.4 Å². The van der Waals surface area contributed by atoms with Crippen LogP contribution in [0.1, 0.15) is 22.7 Å². The Kier molecular flexibility index (Phi) is 5.15. The largest absolute Gasteiger partial charge is 0.496 e. The van der Waals surface area contributed by atoms with Crippen molar-refractivity contribution < 1.29 is 19.2 Å². The average molecular weight is 428 g/mol. The van der Waals surface area contributed by atoms with E-state index in [9.17, 15) is 9.59 Å². The summed E-state index contributed by atoms with van der Waals surface area (Å²) in [5, 5.41) is 1.70. The Morgan fingerprint density at radius 3 is 2.28 bits per heavy atom. The number of likely N-dealkylation sites (tertiary alicyclic amines) is 1. The van der Waals surface area contributed by atoms with Crippen LogP contribution in [-0.2, 0) is 21.0 Å². The molecule has 0 aliphatic carbocycles. The number of carbonyl (C=O) groups excluding carboxylic acids is 2. The molecule has 2 saturated heterocycles. The molecule has 32 heavy (non-hydrogen) atoms. The third kappa shape index (κ3) is 3.33. The highest BCUT2D eigenvalue weighted by atomic mass is 16.7. The number of benzene rings is 3. The molecule has 3 atom stereocenters. The molecule has 3 aromatic rings. The van der Waals surface area contributed by atoms with Gasteiger partial charge in [0.1, 0.15) is 11.7 Å². The zero-order chi connectivity index (χ0) is 22.2. The van der Waals surface area contributed by atoms with Crippen LogP contribution in [-0.4, -0.2) is 29.9 Å². The number of methoxy groups -OCH3 is 1. The number of rotatable bonds is 5. The van der Waals surface area contributed by atoms with Crippen LogP contribution in [0.15, 0.2) is 78.9 Å². The first-order valence-electron chi connectivity index (χ1n) is 10.6. The second kappa shape index (κ2) is 8.13. The molecule has 2 fully saturated rings. The molecule has 0 bridgehead atoms. The van der Waals surface area contributed by atoms with Crippen molar-refractivity contribution in [1.29, 1.82) is 0 Å². The van der Waals surface area contributed by atoms with E-state index in [1.165, 1.54) is 4.90 Å². The number of carbonyl (C=O) groups is 2. The maximum Gasteiger partial charge on any atom is 0.262 e. The summed E-state index contributed by atoms with van der Waals surface area (Å²) >= 11 is 0. The van der Waals surface area contributed by atoms with Crippen molar-refractivity contribution in [2.75, 3.05) is 12.2 Å². The molecule has 2 amide bonds. The van der Waals surface area contributed by atoms with Crippen molar-refractivity contribution in [3.63, 3.8) is 0 Å². The molecule has 0 aromatic heterocycles. The molecule has 2 aliphatic heterocycles. The number of aryl methyl sites for hydroxylation is 1. The molecule has 2 aliphatic rings. The Morgan fingerprint density at radius 1 is 0.875 bits per heavy atom. The van der Waals surface area contributed by atoms with Crippen molar-refractivity contribution in [1.82, 2.24) is 4.90 Å². The molecule has 0 spiro atoms. The number of hydrogen-bond acceptors (Lipinski definition) is 5. The normalized spacial score (nSPS) is 22.4. The van der Waals surface area contributed by atoms with Crippen LogP contribution in [0.2, 0.25) is 0 Å². The van der Waals surface area contributed by atoms with E-state index >= 15 is 0 Å². The van der Waals surface area contributed by atoms with Crippen LogP contribution in [0, 0.1) is 12.8 Å². The Labute approximate surface area is 186 Å². The number of ether oxygens (including phenoxy) is 1. The Bertz CT molecular complexity index is 1150. The maximum atomic E-state index is 13.6. The predicted octanol–water partition coefficient (Wildman–Crippen LogP) is 4.05. The Hall–Kier alpha value is -3.64. The molecule has 3 aromatic carbocycles. The van der Waals surface area contributed by atoms with Gasteiger partial charge in [0.05, 0.1) is 25.4 Å². The van der Waals surface area contributed by atoms with Crippen molar-refractivity contribution in [3.8, 4) is 5.75 Å². The standard InChI is InChI=1S/C26H24N2O4/c1-17-12-14-19(15-13-17)28-23(20-10-6-7-11-21(20)31-2)22-24(32-28)26(30)27(25(22)29)16-18-8-4-3-5-9-18/h3-15,22-24H,16H2,1-2H3/t22-,23-,24+/m0/s1. The number of anilines is 1. The first-order valence-corrected chi connectivity index (χ1v) is 10.6. The number of hydrogen-bond donors (Lipinski definition) is 0. The molecule has 2 heterocycles. The van der Waals surface area contributed by atoms with Gasteiger partial charge in [-0.3, -0.25) is 19.3 Å². The van der Waals surface area contributed by atoms with Crippen LogP contribution >= 0.6 is 0 Å². The number of amides is 2. The topological polar surface area (TPSA) is 59.1 Å². The SMILES string of the molecule is COc1ccccc1[C@H]1[C@@H]2C(=O)N(Cc3ccccc3)C(=O)[C@@H]2ON1c1ccc(C)cc1. The lowest BCUT2D eigenvalue weighted by molar-refractivity contribution is -0.143. The van der Waals surface area contributed by atoms with Crippen molar-refractivity contribution in [3.05, 3.63) is 95.6 Å². The van der Waals surface area contributed by atoms with Crippen LogP contribution < -0.4 is 9.80 Å². The molecular weight excluding hydrogens is 404 g/mol. The van der Waals surface area contributed by atoms with Gasteiger partial charge in [0.15, 0.2) is 6.10 Å². The summed E-state index contributed by atoms with van der Waals surface area (Å²) in [6.07, 6.45) is -0.873. The van der Waals surface area contributed by atoms with Gasteiger partial charge >= 0.3 is 0 Å². The van der Waals surface area contributed by atoms with Crippen LogP contribution in [0.3, 0.4) is 0 Å². The Morgan fingerprint density at radius 2 is 1.56 bits per heavy atom. The quantitative estimate of drug-likeness (QED) is 0.574. The average Bonchev–Trinajstić information content (AvgIpc) is 3.32. The molecule has 0 radical (unpaired) electrons. The summed E-state index contributed by atoms with van der Waals surface area (Å²) in [6, 6.07) is 24.5. The smallest absolute Gasteiger partial charge is 0.262 e. The molecule has 0 unspecified atom stereocenters. The van der Waals surface area contributed by atoms with Gasteiger partial charge in [-0.2, -0.15) is 0 Å². The first-order chi connectivity index (χ1) is 15.6. The fourth-order valence-corrected chi connectivity index (χ4v) is 4.54. The van der Waals surface area contributed by atoms with E-state index in [0.29, 0.717) is 5.75 Å². The highest BCUT2D eigenvalue weighted by Crippen LogP contribution is 2.48. The highest BCUT2D eigenvalue weighted by Gasteiger charge is 2.60. The summed E-state index contributed by atoms with van der Waals surface area (Å²) in [4.78, 5) is 34.4. The maximum absolute atomic E-state index is 13.6. The number of imide groups is 1. The zero-order valence-electron chi connectivity index (χ0n) is 18.0. The number of fused-ring (bicyclic) bond motifs is 1. The molecule has 5 rings (SSSR count). The van der Waals surface area contributed by atoms with Gasteiger partial charge in [0, 0.05) is 5.56 Å². The van der Waals surface area contributed by atoms with Crippen LogP contribution in [0.25, 0.3) is 0 Å². The number of nitrogens with zero attached hydrogens (tertiary/aromatic N) is 2. The fourth-order valence-electron chi connectivity index (χ4n) is 4.54. The minimum absolute atomic E-state index is 0.227. The van der Waals surface area contributed by atoms with Gasteiger partial charge in [-0.1, -0.05) is 66.2 Å². The van der Waals surface area contributed by atoms with Gasteiger partial charge in [-0.15, -0.1) is 0 Å². The second-order valence-corrected chi connectivity index (χ2v) is 8.15. The van der Waals surface area contributed by atoms with Gasteiger partial charge in [-0.25, -0.2) is 5.06 Å². The summed E-state index contributed by atoms with van der Waals surface area (Å²) in [5.74, 6) is -0.544. The molecule has 162 valence electrons. The van der Waals surface area contributed by atoms with Crippen LogP contribution in [0.4, 0.5) is 5.69 Å². The number of hydroxylamine groups is 1. The van der Waals surface area contributed by atoms with E-state index in [1.807, 2.05) is 85.8 Å². The Balaban J connectivity index is 1.56. The number of para-hydroxylation sites is 1. The lowest BCUT2D eigenvalue weighted by Crippen LogP contribution is -2.37. The third-order valence-corrected chi connectivity index (χ3v) is 6.14. The third-order valence-electron chi connectivity index (χ3n) is 6.14. The summed E-state index contributed by atoms with van der Waals surface area (Å²) in [5.41, 5.74) is 3.61. The molecule has 0 saturated carbocycles. The van der Waals surface area contributed by atoms with E-state index in [2.05, 4.69) is 0 Å². The van der Waals surface area contributed by atoms with Crippen molar-refractivity contribution in [2.24, 2.45) is 5.92 Å². The molecular formula is C26H24N2O4. The van der Waals surface area contributed by atoms with E-state index in [1.54, 1.807) is 12.2 Å². The first kappa shape index (κ1) is 20.3. The van der Waals surface area contributed by atoms with E-state index in [0.717, 1.165) is 22.4 Å². The highest BCUT2D eigenvalue weighted by molar-refractivity contribution is 6.07. The lowest BCUT2D eigenvalue weighted by Gasteiger charge is -2.29. The van der Waals surface area contributed by atoms with Gasteiger partial charge in [0.25, 0.3) is 5.91 Å².